The third-order valence-corrected chi connectivity index (χ3v) is 8.63. The van der Waals surface area contributed by atoms with Crippen LogP contribution in [0, 0.1) is 0 Å². The smallest absolute Gasteiger partial charge is 0.305 e. The molecule has 0 fully saturated rings. The molecule has 0 saturated carbocycles. The lowest BCUT2D eigenvalue weighted by Gasteiger charge is -2.21. The summed E-state index contributed by atoms with van der Waals surface area (Å²) in [5.41, 5.74) is 0. The number of likely N-dealkylation sites (N-methyl/N-ethyl adjacent to an activating group) is 1. The minimum Gasteiger partial charge on any atom is -0.464 e. The van der Waals surface area contributed by atoms with E-state index in [0.717, 1.165) is 45.1 Å². The molecule has 50 heavy (non-hydrogen) atoms. The number of rotatable bonds is 36. The molecule has 0 aliphatic heterocycles. The lowest BCUT2D eigenvalue weighted by molar-refractivity contribution is -0.146. The molecule has 292 valence electrons. The number of nitrogens with zero attached hydrogens (tertiary/aromatic N) is 2. The van der Waals surface area contributed by atoms with Crippen LogP contribution in [0.1, 0.15) is 155 Å². The summed E-state index contributed by atoms with van der Waals surface area (Å²) in [6.07, 6.45) is 27.0. The van der Waals surface area contributed by atoms with Crippen molar-refractivity contribution in [1.82, 2.24) is 15.1 Å². The van der Waals surface area contributed by atoms with Crippen LogP contribution in [-0.2, 0) is 33.4 Å². The van der Waals surface area contributed by atoms with Gasteiger partial charge in [0.1, 0.15) is 13.2 Å². The van der Waals surface area contributed by atoms with Crippen molar-refractivity contribution in [2.24, 2.45) is 0 Å². The van der Waals surface area contributed by atoms with Crippen LogP contribution < -0.4 is 5.32 Å². The highest BCUT2D eigenvalue weighted by Gasteiger charge is 2.14. The van der Waals surface area contributed by atoms with E-state index in [1.54, 1.807) is 0 Å². The normalized spacial score (nSPS) is 11.3. The molecule has 0 aromatic carbocycles. The summed E-state index contributed by atoms with van der Waals surface area (Å²) in [7, 11) is 3.92. The molecule has 0 aliphatic rings. The van der Waals surface area contributed by atoms with E-state index < -0.39 is 11.8 Å². The zero-order chi connectivity index (χ0) is 36.9. The number of hydrogen-bond donors (Lipinski definition) is 1. The number of carbonyl (C=O) groups excluding carboxylic acids is 4. The number of amides is 2. The Bertz CT molecular complexity index is 824. The number of unbranched alkanes of at least 4 members (excludes halogenated alkanes) is 18. The fourth-order valence-corrected chi connectivity index (χ4v) is 5.44. The second kappa shape index (κ2) is 36.3. The Hall–Kier alpha value is -2.46. The minimum absolute atomic E-state index is 0.0409. The van der Waals surface area contributed by atoms with Gasteiger partial charge in [-0.05, 0) is 26.9 Å². The fraction of sp³-hybridized carbons (Fsp3) is 0.850. The molecule has 0 spiro atoms. The molecule has 0 radical (unpaired) electrons. The van der Waals surface area contributed by atoms with Gasteiger partial charge in [0.2, 0.25) is 11.8 Å². The van der Waals surface area contributed by atoms with Crippen LogP contribution in [0.4, 0.5) is 0 Å². The second-order valence-electron chi connectivity index (χ2n) is 13.7. The summed E-state index contributed by atoms with van der Waals surface area (Å²) in [5, 5.41) is 2.70. The van der Waals surface area contributed by atoms with Gasteiger partial charge in [-0.15, -0.1) is 0 Å². The maximum Gasteiger partial charge on any atom is 0.305 e. The highest BCUT2D eigenvalue weighted by atomic mass is 16.5. The monoisotopic (exact) mass is 710 g/mol. The second-order valence-corrected chi connectivity index (χ2v) is 13.7. The molecule has 1 N–H and O–H groups in total. The SMILES string of the molecule is CCCCCCCCCCCCC(=O)OCCN(CCOC(=O)CCCCCCCCCCCC)C(=O)C=CC(=O)NCCOCCN(C)C. The van der Waals surface area contributed by atoms with Crippen molar-refractivity contribution >= 4 is 23.8 Å². The largest absolute Gasteiger partial charge is 0.464 e. The van der Waals surface area contributed by atoms with Crippen molar-refractivity contribution in [2.45, 2.75) is 155 Å². The number of ether oxygens (including phenoxy) is 3. The summed E-state index contributed by atoms with van der Waals surface area (Å²) in [4.78, 5) is 53.3. The Balaban J connectivity index is 4.51. The van der Waals surface area contributed by atoms with Gasteiger partial charge in [0.05, 0.1) is 26.3 Å². The molecule has 0 unspecified atom stereocenters. The summed E-state index contributed by atoms with van der Waals surface area (Å²) >= 11 is 0. The number of hydrogen-bond acceptors (Lipinski definition) is 8. The molecular formula is C40H75N3O7. The van der Waals surface area contributed by atoms with Gasteiger partial charge in [-0.1, -0.05) is 129 Å². The minimum atomic E-state index is -0.418. The van der Waals surface area contributed by atoms with E-state index in [2.05, 4.69) is 19.2 Å². The standard InChI is InChI=1S/C40H75N3O7/c1-5-7-9-11-13-15-17-19-21-23-25-39(46)49-35-31-43(38(45)28-27-37(44)41-29-33-48-34-30-42(3)4)32-36-50-40(47)26-24-22-20-18-16-14-12-10-8-6-2/h27-28H,5-26,29-36H2,1-4H3,(H,41,44). The third-order valence-electron chi connectivity index (χ3n) is 8.63. The number of carbonyl (C=O) groups is 4. The molecule has 10 heteroatoms. The molecule has 0 heterocycles. The van der Waals surface area contributed by atoms with E-state index in [-0.39, 0.29) is 38.2 Å². The highest BCUT2D eigenvalue weighted by molar-refractivity contribution is 5.96. The molecule has 0 atom stereocenters. The van der Waals surface area contributed by atoms with Crippen molar-refractivity contribution in [3.8, 4) is 0 Å². The summed E-state index contributed by atoms with van der Waals surface area (Å²) in [5.74, 6) is -1.37. The Morgan fingerprint density at radius 2 is 0.940 bits per heavy atom. The van der Waals surface area contributed by atoms with Crippen molar-refractivity contribution in [2.75, 3.05) is 66.7 Å². The van der Waals surface area contributed by atoms with Crippen molar-refractivity contribution in [1.29, 1.82) is 0 Å². The molecular weight excluding hydrogens is 634 g/mol. The molecule has 0 aromatic rings. The average molecular weight is 710 g/mol. The van der Waals surface area contributed by atoms with E-state index >= 15 is 0 Å². The topological polar surface area (TPSA) is 114 Å². The van der Waals surface area contributed by atoms with Crippen LogP contribution in [-0.4, -0.2) is 100 Å². The predicted octanol–water partition coefficient (Wildman–Crippen LogP) is 7.77. The first kappa shape index (κ1) is 47.5. The predicted molar refractivity (Wildman–Crippen MR) is 203 cm³/mol. The lowest BCUT2D eigenvalue weighted by Crippen LogP contribution is -2.36. The molecule has 0 rings (SSSR count). The van der Waals surface area contributed by atoms with Gasteiger partial charge in [0.15, 0.2) is 0 Å². The van der Waals surface area contributed by atoms with E-state index in [4.69, 9.17) is 14.2 Å². The van der Waals surface area contributed by atoms with E-state index in [9.17, 15) is 19.2 Å². The Morgan fingerprint density at radius 1 is 0.520 bits per heavy atom. The third kappa shape index (κ3) is 34.0. The molecule has 0 saturated heterocycles. The van der Waals surface area contributed by atoms with Crippen LogP contribution >= 0.6 is 0 Å². The van der Waals surface area contributed by atoms with Crippen molar-refractivity contribution in [3.63, 3.8) is 0 Å². The zero-order valence-electron chi connectivity index (χ0n) is 32.6. The van der Waals surface area contributed by atoms with Gasteiger partial charge in [0.25, 0.3) is 0 Å². The first-order valence-electron chi connectivity index (χ1n) is 20.1. The molecule has 0 bridgehead atoms. The molecule has 10 nitrogen and oxygen atoms in total. The number of nitrogens with one attached hydrogen (secondary N) is 1. The lowest BCUT2D eigenvalue weighted by atomic mass is 10.1. The van der Waals surface area contributed by atoms with Crippen LogP contribution in [0.2, 0.25) is 0 Å². The average Bonchev–Trinajstić information content (AvgIpc) is 3.09. The Morgan fingerprint density at radius 3 is 1.36 bits per heavy atom. The molecule has 2 amide bonds. The Kier molecular flexibility index (Phi) is 34.5. The van der Waals surface area contributed by atoms with Crippen LogP contribution in [0.5, 0.6) is 0 Å². The van der Waals surface area contributed by atoms with Crippen molar-refractivity contribution in [3.05, 3.63) is 12.2 Å². The van der Waals surface area contributed by atoms with Gasteiger partial charge < -0.3 is 29.3 Å². The quantitative estimate of drug-likeness (QED) is 0.0399. The van der Waals surface area contributed by atoms with Gasteiger partial charge >= 0.3 is 11.9 Å². The molecule has 0 aliphatic carbocycles. The maximum absolute atomic E-state index is 13.0. The van der Waals surface area contributed by atoms with E-state index in [1.807, 2.05) is 19.0 Å². The Labute approximate surface area is 305 Å². The van der Waals surface area contributed by atoms with Gasteiger partial charge in [-0.25, -0.2) is 0 Å². The van der Waals surface area contributed by atoms with Gasteiger partial charge in [0, 0.05) is 38.1 Å². The first-order chi connectivity index (χ1) is 24.3. The fourth-order valence-electron chi connectivity index (χ4n) is 5.44. The van der Waals surface area contributed by atoms with E-state index in [1.165, 1.54) is 107 Å². The van der Waals surface area contributed by atoms with Crippen LogP contribution in [0.15, 0.2) is 12.2 Å². The zero-order valence-corrected chi connectivity index (χ0v) is 32.6. The van der Waals surface area contributed by atoms with Gasteiger partial charge in [-0.2, -0.15) is 0 Å². The number of esters is 2. The highest BCUT2D eigenvalue weighted by Crippen LogP contribution is 2.13. The van der Waals surface area contributed by atoms with Crippen LogP contribution in [0.3, 0.4) is 0 Å². The van der Waals surface area contributed by atoms with Crippen LogP contribution in [0.25, 0.3) is 0 Å². The van der Waals surface area contributed by atoms with E-state index in [0.29, 0.717) is 32.6 Å². The molecule has 0 aromatic heterocycles. The first-order valence-corrected chi connectivity index (χ1v) is 20.1. The summed E-state index contributed by atoms with van der Waals surface area (Å²) < 4.78 is 16.3. The van der Waals surface area contributed by atoms with Crippen molar-refractivity contribution < 1.29 is 33.4 Å². The summed E-state index contributed by atoms with van der Waals surface area (Å²) in [6, 6.07) is 0. The maximum atomic E-state index is 13.0. The van der Waals surface area contributed by atoms with Gasteiger partial charge in [-0.3, -0.25) is 19.2 Å². The summed E-state index contributed by atoms with van der Waals surface area (Å²) in [6.45, 7) is 6.90.